The third-order valence-corrected chi connectivity index (χ3v) is 7.69. The van der Waals surface area contributed by atoms with Crippen molar-refractivity contribution in [3.8, 4) is 0 Å². The molecule has 0 aromatic heterocycles. The lowest BCUT2D eigenvalue weighted by Gasteiger charge is -2.29. The van der Waals surface area contributed by atoms with Crippen LogP contribution in [0.15, 0.2) is 105 Å². The van der Waals surface area contributed by atoms with E-state index in [1.807, 2.05) is 54.6 Å². The molecule has 0 bridgehead atoms. The number of nitro groups is 1. The largest absolute Gasteiger partial charge is 0.357 e. The Morgan fingerprint density at radius 1 is 1.02 bits per heavy atom. The maximum atomic E-state index is 13.9. The minimum atomic E-state index is -0.920. The summed E-state index contributed by atoms with van der Waals surface area (Å²) in [5.41, 5.74) is 8.22. The van der Waals surface area contributed by atoms with Gasteiger partial charge in [-0.05, 0) is 60.7 Å². The molecule has 208 valence electrons. The Kier molecular flexibility index (Phi) is 8.02. The lowest BCUT2D eigenvalue weighted by molar-refractivity contribution is -0.431. The number of thiol groups is 1. The van der Waals surface area contributed by atoms with Gasteiger partial charge in [-0.15, -0.1) is 12.6 Å². The number of amides is 2. The Labute approximate surface area is 243 Å². The first-order valence-corrected chi connectivity index (χ1v) is 13.6. The summed E-state index contributed by atoms with van der Waals surface area (Å²) in [6.45, 7) is 3.40. The van der Waals surface area contributed by atoms with Crippen LogP contribution >= 0.6 is 12.6 Å². The summed E-state index contributed by atoms with van der Waals surface area (Å²) < 4.78 is 0. The van der Waals surface area contributed by atoms with Gasteiger partial charge in [0.1, 0.15) is 5.92 Å². The summed E-state index contributed by atoms with van der Waals surface area (Å²) in [7, 11) is 0. The number of benzene rings is 3. The van der Waals surface area contributed by atoms with Gasteiger partial charge in [-0.25, -0.2) is 5.43 Å². The van der Waals surface area contributed by atoms with Gasteiger partial charge in [0.2, 0.25) is 5.91 Å². The lowest BCUT2D eigenvalue weighted by atomic mass is 9.80. The number of hydrogen-bond donors (Lipinski definition) is 4. The number of hydrazone groups is 1. The minimum Gasteiger partial charge on any atom is -0.357 e. The van der Waals surface area contributed by atoms with E-state index >= 15 is 0 Å². The van der Waals surface area contributed by atoms with Gasteiger partial charge in [0.25, 0.3) is 11.6 Å². The van der Waals surface area contributed by atoms with Crippen LogP contribution in [0, 0.1) is 10.1 Å². The van der Waals surface area contributed by atoms with Crippen molar-refractivity contribution in [2.75, 3.05) is 5.32 Å². The molecule has 10 heteroatoms. The van der Waals surface area contributed by atoms with E-state index in [-0.39, 0.29) is 17.2 Å². The second kappa shape index (κ2) is 11.8. The molecule has 0 saturated carbocycles. The van der Waals surface area contributed by atoms with Gasteiger partial charge in [-0.3, -0.25) is 19.7 Å². The first kappa shape index (κ1) is 27.9. The molecule has 1 atom stereocenters. The number of dihydropyridines is 1. The zero-order valence-electron chi connectivity index (χ0n) is 22.6. The van der Waals surface area contributed by atoms with Crippen molar-refractivity contribution in [1.29, 1.82) is 0 Å². The lowest BCUT2D eigenvalue weighted by Crippen LogP contribution is -2.33. The second-order valence-electron chi connectivity index (χ2n) is 10.00. The van der Waals surface area contributed by atoms with E-state index in [0.717, 1.165) is 22.4 Å². The number of nitrogens with one attached hydrogen (secondary N) is 3. The zero-order chi connectivity index (χ0) is 29.1. The molecule has 0 fully saturated rings. The molecule has 0 radical (unpaired) electrons. The van der Waals surface area contributed by atoms with Crippen molar-refractivity contribution in [3.05, 3.63) is 128 Å². The summed E-state index contributed by atoms with van der Waals surface area (Å²) >= 11 is 4.71. The molecule has 2 aliphatic heterocycles. The molecule has 9 nitrogen and oxygen atoms in total. The number of anilines is 1. The maximum absolute atomic E-state index is 13.9. The van der Waals surface area contributed by atoms with Crippen LogP contribution in [0.3, 0.4) is 0 Å². The van der Waals surface area contributed by atoms with Crippen molar-refractivity contribution >= 4 is 35.8 Å². The van der Waals surface area contributed by atoms with Gasteiger partial charge in [0, 0.05) is 29.1 Å². The first-order chi connectivity index (χ1) is 19.7. The summed E-state index contributed by atoms with van der Waals surface area (Å²) in [6.07, 6.45) is 1.40. The topological polar surface area (TPSA) is 126 Å². The number of nitrogens with zero attached hydrogens (tertiary/aromatic N) is 2. The van der Waals surface area contributed by atoms with Crippen LogP contribution in [0.5, 0.6) is 0 Å². The molecule has 5 rings (SSSR count). The van der Waals surface area contributed by atoms with Crippen LogP contribution in [0.2, 0.25) is 0 Å². The highest BCUT2D eigenvalue weighted by atomic mass is 32.1. The predicted molar refractivity (Wildman–Crippen MR) is 160 cm³/mol. The second-order valence-corrected chi connectivity index (χ2v) is 10.5. The summed E-state index contributed by atoms with van der Waals surface area (Å²) in [6, 6.07) is 22.4. The van der Waals surface area contributed by atoms with Crippen LogP contribution < -0.4 is 16.1 Å². The fourth-order valence-corrected chi connectivity index (χ4v) is 5.60. The van der Waals surface area contributed by atoms with Gasteiger partial charge >= 0.3 is 0 Å². The van der Waals surface area contributed by atoms with Crippen LogP contribution in [-0.2, 0) is 16.0 Å². The maximum Gasteiger partial charge on any atom is 0.277 e. The highest BCUT2D eigenvalue weighted by Gasteiger charge is 2.41. The average Bonchev–Trinajstić information content (AvgIpc) is 2.95. The number of hydrogen-bond acceptors (Lipinski definition) is 7. The Balaban J connectivity index is 1.51. The molecule has 2 amide bonds. The number of carbonyl (C=O) groups is 2. The van der Waals surface area contributed by atoms with Crippen molar-refractivity contribution in [3.63, 3.8) is 0 Å². The van der Waals surface area contributed by atoms with Gasteiger partial charge in [-0.2, -0.15) is 5.10 Å². The quantitative estimate of drug-likeness (QED) is 0.175. The highest BCUT2D eigenvalue weighted by Crippen LogP contribution is 2.42. The van der Waals surface area contributed by atoms with E-state index in [2.05, 4.69) is 21.2 Å². The van der Waals surface area contributed by atoms with E-state index in [4.69, 9.17) is 12.6 Å². The summed E-state index contributed by atoms with van der Waals surface area (Å²) in [4.78, 5) is 38.0. The molecule has 0 aliphatic carbocycles. The fourth-order valence-electron chi connectivity index (χ4n) is 5.31. The molecule has 41 heavy (non-hydrogen) atoms. The van der Waals surface area contributed by atoms with Gasteiger partial charge in [0.15, 0.2) is 0 Å². The Bertz CT molecular complexity index is 1630. The normalized spacial score (nSPS) is 17.0. The predicted octanol–water partition coefficient (Wildman–Crippen LogP) is 5.29. The molecule has 2 heterocycles. The third-order valence-electron chi connectivity index (χ3n) is 7.27. The molecule has 3 N–H and O–H groups in total. The van der Waals surface area contributed by atoms with E-state index in [1.54, 1.807) is 32.0 Å². The number of rotatable bonds is 7. The molecule has 3 aromatic rings. The van der Waals surface area contributed by atoms with Crippen molar-refractivity contribution in [2.45, 2.75) is 43.9 Å². The van der Waals surface area contributed by atoms with E-state index in [1.165, 1.54) is 0 Å². The Morgan fingerprint density at radius 2 is 1.76 bits per heavy atom. The molecule has 1 unspecified atom stereocenters. The van der Waals surface area contributed by atoms with Crippen LogP contribution in [0.25, 0.3) is 0 Å². The number of carbonyl (C=O) groups excluding carboxylic acids is 2. The molecular weight excluding hydrogens is 538 g/mol. The van der Waals surface area contributed by atoms with Crippen molar-refractivity contribution in [1.82, 2.24) is 10.7 Å². The summed E-state index contributed by atoms with van der Waals surface area (Å²) in [5.74, 6) is -1.49. The van der Waals surface area contributed by atoms with Crippen molar-refractivity contribution < 1.29 is 14.5 Å². The Hall–Kier alpha value is -4.70. The third kappa shape index (κ3) is 5.92. The van der Waals surface area contributed by atoms with E-state index < -0.39 is 16.7 Å². The minimum absolute atomic E-state index is 0.0818. The van der Waals surface area contributed by atoms with Gasteiger partial charge in [0.05, 0.1) is 21.9 Å². The summed E-state index contributed by atoms with van der Waals surface area (Å²) in [5, 5.41) is 22.5. The molecular formula is C31H29N5O4S. The fraction of sp³-hybridized carbons (Fsp3) is 0.194. The van der Waals surface area contributed by atoms with Gasteiger partial charge < -0.3 is 10.6 Å². The first-order valence-electron chi connectivity index (χ1n) is 13.2. The molecule has 0 saturated heterocycles. The Morgan fingerprint density at radius 3 is 2.41 bits per heavy atom. The van der Waals surface area contributed by atoms with E-state index in [9.17, 15) is 19.7 Å². The standard InChI is InChI=1S/C31H29N5O4S/c1-18-28(31(38)33-22-13-11-21(12-14-22)25-15-16-27(37)35-34-25)29(30(36(39)40)19(2)32-18)23-9-6-10-26(41)24(23)17-20-7-4-3-5-8-20/h3-14,29,32,41H,15-17H2,1-2H3,(H,33,38)(H,35,37). The van der Waals surface area contributed by atoms with Gasteiger partial charge in [-0.1, -0.05) is 54.6 Å². The van der Waals surface area contributed by atoms with Crippen molar-refractivity contribution in [2.24, 2.45) is 5.10 Å². The smallest absolute Gasteiger partial charge is 0.277 e. The van der Waals surface area contributed by atoms with Crippen LogP contribution in [0.4, 0.5) is 5.69 Å². The van der Waals surface area contributed by atoms with Crippen LogP contribution in [-0.4, -0.2) is 22.4 Å². The average molecular weight is 568 g/mol. The van der Waals surface area contributed by atoms with E-state index in [0.29, 0.717) is 46.8 Å². The molecule has 0 spiro atoms. The number of allylic oxidation sites excluding steroid dienone is 3. The highest BCUT2D eigenvalue weighted by molar-refractivity contribution is 7.80. The zero-order valence-corrected chi connectivity index (χ0v) is 23.5. The monoisotopic (exact) mass is 567 g/mol. The SMILES string of the molecule is CC1=C(C(=O)Nc2ccc(C3=NNC(=O)CC3)cc2)C(c2cccc(S)c2Cc2ccccc2)C([N+](=O)[O-])=C(C)N1. The molecule has 2 aliphatic rings. The molecule has 3 aromatic carbocycles. The van der Waals surface area contributed by atoms with Crippen LogP contribution in [0.1, 0.15) is 54.9 Å².